The van der Waals surface area contributed by atoms with Crippen LogP contribution in [0.5, 0.6) is 0 Å². The lowest BCUT2D eigenvalue weighted by Gasteiger charge is -2.22. The number of nitrogens with one attached hydrogen (secondary N) is 1. The minimum Gasteiger partial charge on any atom is -0.312 e. The van der Waals surface area contributed by atoms with Gasteiger partial charge in [0, 0.05) is 5.54 Å². The Bertz CT molecular complexity index is 165. The first-order valence-electron chi connectivity index (χ1n) is 5.70. The number of hydrogen-bond donors (Lipinski definition) is 1. The molecule has 0 rings (SSSR count). The van der Waals surface area contributed by atoms with E-state index in [-0.39, 0.29) is 5.54 Å². The van der Waals surface area contributed by atoms with Crippen LogP contribution in [0.4, 0.5) is 0 Å². The van der Waals surface area contributed by atoms with Crippen molar-refractivity contribution < 1.29 is 0 Å². The van der Waals surface area contributed by atoms with Gasteiger partial charge in [0.05, 0.1) is 0 Å². The molecule has 1 nitrogen and oxygen atoms in total. The molecule has 1 N–H and O–H groups in total. The maximum absolute atomic E-state index is 3.93. The highest BCUT2D eigenvalue weighted by Gasteiger charge is 2.09. The summed E-state index contributed by atoms with van der Waals surface area (Å²) in [5.74, 6) is 0.807. The SMILES string of the molecule is C=C(C)CCC(C)CCNC(C)(C)C. The second-order valence-corrected chi connectivity index (χ2v) is 5.57. The molecule has 0 saturated carbocycles. The highest BCUT2D eigenvalue weighted by molar-refractivity contribution is 4.87. The number of hydrogen-bond acceptors (Lipinski definition) is 1. The van der Waals surface area contributed by atoms with E-state index in [1.807, 2.05) is 0 Å². The van der Waals surface area contributed by atoms with Gasteiger partial charge in [0.15, 0.2) is 0 Å². The molecular formula is C13H27N. The molecule has 0 saturated heterocycles. The third-order valence-electron chi connectivity index (χ3n) is 2.36. The fourth-order valence-electron chi connectivity index (χ4n) is 1.33. The molecule has 0 aliphatic heterocycles. The molecule has 0 heterocycles. The van der Waals surface area contributed by atoms with Crippen LogP contribution in [0.1, 0.15) is 53.9 Å². The summed E-state index contributed by atoms with van der Waals surface area (Å²) >= 11 is 0. The van der Waals surface area contributed by atoms with Crippen molar-refractivity contribution in [3.63, 3.8) is 0 Å². The van der Waals surface area contributed by atoms with Gasteiger partial charge in [-0.3, -0.25) is 0 Å². The third-order valence-corrected chi connectivity index (χ3v) is 2.36. The molecule has 0 amide bonds. The quantitative estimate of drug-likeness (QED) is 0.639. The van der Waals surface area contributed by atoms with Gasteiger partial charge in [-0.1, -0.05) is 12.5 Å². The molecule has 84 valence electrons. The molecule has 0 aromatic carbocycles. The van der Waals surface area contributed by atoms with E-state index in [1.54, 1.807) is 0 Å². The summed E-state index contributed by atoms with van der Waals surface area (Å²) in [7, 11) is 0. The van der Waals surface area contributed by atoms with Crippen molar-refractivity contribution >= 4 is 0 Å². The minimum atomic E-state index is 0.258. The van der Waals surface area contributed by atoms with E-state index in [0.717, 1.165) is 12.5 Å². The average molecular weight is 197 g/mol. The zero-order chi connectivity index (χ0) is 11.2. The van der Waals surface area contributed by atoms with Crippen LogP contribution in [0.3, 0.4) is 0 Å². The highest BCUT2D eigenvalue weighted by atomic mass is 14.9. The number of allylic oxidation sites excluding steroid dienone is 1. The molecule has 0 aliphatic rings. The van der Waals surface area contributed by atoms with Gasteiger partial charge in [0.1, 0.15) is 0 Å². The van der Waals surface area contributed by atoms with E-state index >= 15 is 0 Å². The Labute approximate surface area is 90.0 Å². The van der Waals surface area contributed by atoms with Crippen LogP contribution < -0.4 is 5.32 Å². The van der Waals surface area contributed by atoms with Crippen molar-refractivity contribution in [3.8, 4) is 0 Å². The van der Waals surface area contributed by atoms with Crippen molar-refractivity contribution in [2.24, 2.45) is 5.92 Å². The molecule has 1 unspecified atom stereocenters. The summed E-state index contributed by atoms with van der Waals surface area (Å²) < 4.78 is 0. The van der Waals surface area contributed by atoms with Gasteiger partial charge in [0.2, 0.25) is 0 Å². The maximum Gasteiger partial charge on any atom is 0.00965 e. The molecule has 0 aliphatic carbocycles. The van der Waals surface area contributed by atoms with Gasteiger partial charge in [-0.05, 0) is 59.4 Å². The summed E-state index contributed by atoms with van der Waals surface area (Å²) in [6.45, 7) is 16.1. The van der Waals surface area contributed by atoms with Crippen LogP contribution in [0.2, 0.25) is 0 Å². The fraction of sp³-hybridized carbons (Fsp3) is 0.846. The second-order valence-electron chi connectivity index (χ2n) is 5.57. The van der Waals surface area contributed by atoms with Crippen molar-refractivity contribution in [2.45, 2.75) is 59.4 Å². The Morgan fingerprint density at radius 2 is 1.86 bits per heavy atom. The van der Waals surface area contributed by atoms with Crippen molar-refractivity contribution in [2.75, 3.05) is 6.54 Å². The van der Waals surface area contributed by atoms with Crippen molar-refractivity contribution in [1.82, 2.24) is 5.32 Å². The van der Waals surface area contributed by atoms with Crippen LogP contribution in [0, 0.1) is 5.92 Å². The fourth-order valence-corrected chi connectivity index (χ4v) is 1.33. The van der Waals surface area contributed by atoms with E-state index in [0.29, 0.717) is 0 Å². The largest absolute Gasteiger partial charge is 0.312 e. The molecule has 0 aromatic rings. The first kappa shape index (κ1) is 13.7. The van der Waals surface area contributed by atoms with E-state index < -0.39 is 0 Å². The van der Waals surface area contributed by atoms with Crippen molar-refractivity contribution in [3.05, 3.63) is 12.2 Å². The van der Waals surface area contributed by atoms with Gasteiger partial charge >= 0.3 is 0 Å². The van der Waals surface area contributed by atoms with Gasteiger partial charge in [-0.2, -0.15) is 0 Å². The van der Waals surface area contributed by atoms with Gasteiger partial charge < -0.3 is 5.32 Å². The molecule has 1 heteroatoms. The summed E-state index contributed by atoms with van der Waals surface area (Å²) in [4.78, 5) is 0. The van der Waals surface area contributed by atoms with E-state index in [4.69, 9.17) is 0 Å². The van der Waals surface area contributed by atoms with Gasteiger partial charge in [-0.25, -0.2) is 0 Å². The zero-order valence-corrected chi connectivity index (χ0v) is 10.6. The Balaban J connectivity index is 3.45. The molecule has 0 radical (unpaired) electrons. The Hall–Kier alpha value is -0.300. The second kappa shape index (κ2) is 6.23. The normalized spacial score (nSPS) is 14.1. The molecule has 0 aromatic heterocycles. The highest BCUT2D eigenvalue weighted by Crippen LogP contribution is 2.13. The first-order chi connectivity index (χ1) is 6.31. The predicted molar refractivity (Wildman–Crippen MR) is 65.6 cm³/mol. The summed E-state index contributed by atoms with van der Waals surface area (Å²) in [5.41, 5.74) is 1.56. The van der Waals surface area contributed by atoms with E-state index in [1.165, 1.54) is 24.8 Å². The smallest absolute Gasteiger partial charge is 0.00965 e. The van der Waals surface area contributed by atoms with Crippen LogP contribution >= 0.6 is 0 Å². The maximum atomic E-state index is 3.93. The molecule has 0 fully saturated rings. The van der Waals surface area contributed by atoms with E-state index in [2.05, 4.69) is 46.5 Å². The lowest BCUT2D eigenvalue weighted by Crippen LogP contribution is -2.36. The number of rotatable bonds is 6. The monoisotopic (exact) mass is 197 g/mol. The lowest BCUT2D eigenvalue weighted by atomic mass is 9.98. The molecule has 0 spiro atoms. The van der Waals surface area contributed by atoms with Crippen molar-refractivity contribution in [1.29, 1.82) is 0 Å². The standard InChI is InChI=1S/C13H27N/c1-11(2)7-8-12(3)9-10-14-13(4,5)6/h12,14H,1,7-10H2,2-6H3. The van der Waals surface area contributed by atoms with Gasteiger partial charge in [0.25, 0.3) is 0 Å². The van der Waals surface area contributed by atoms with Crippen LogP contribution in [0.25, 0.3) is 0 Å². The summed E-state index contributed by atoms with van der Waals surface area (Å²) in [5, 5.41) is 3.52. The summed E-state index contributed by atoms with van der Waals surface area (Å²) in [6.07, 6.45) is 3.72. The van der Waals surface area contributed by atoms with E-state index in [9.17, 15) is 0 Å². The molecular weight excluding hydrogens is 170 g/mol. The molecule has 0 bridgehead atoms. The zero-order valence-electron chi connectivity index (χ0n) is 10.6. The topological polar surface area (TPSA) is 12.0 Å². The van der Waals surface area contributed by atoms with Crippen LogP contribution in [-0.2, 0) is 0 Å². The summed E-state index contributed by atoms with van der Waals surface area (Å²) in [6, 6.07) is 0. The van der Waals surface area contributed by atoms with Crippen LogP contribution in [0.15, 0.2) is 12.2 Å². The lowest BCUT2D eigenvalue weighted by molar-refractivity contribution is 0.386. The average Bonchev–Trinajstić information content (AvgIpc) is 1.98. The van der Waals surface area contributed by atoms with Gasteiger partial charge in [-0.15, -0.1) is 6.58 Å². The molecule has 14 heavy (non-hydrogen) atoms. The minimum absolute atomic E-state index is 0.258. The Morgan fingerprint density at radius 3 is 2.29 bits per heavy atom. The Kier molecular flexibility index (Phi) is 6.10. The third kappa shape index (κ3) is 9.79. The van der Waals surface area contributed by atoms with Crippen LogP contribution in [-0.4, -0.2) is 12.1 Å². The predicted octanol–water partition coefficient (Wildman–Crippen LogP) is 3.76. The first-order valence-corrected chi connectivity index (χ1v) is 5.70. The molecule has 1 atom stereocenters. The Morgan fingerprint density at radius 1 is 1.29 bits per heavy atom.